The molecule has 10 amide bonds. The molecule has 2 heterocycles. The van der Waals surface area contributed by atoms with Crippen LogP contribution < -0.4 is 43.2 Å². The average molecular weight is 1290 g/mol. The number of hydrogen-bond donors (Lipinski definition) is 9. The maximum absolute atomic E-state index is 14.8. The molecule has 1 aliphatic rings. The lowest BCUT2D eigenvalue weighted by molar-refractivity contribution is -0.148. The molecule has 3 aromatic rings. The Kier molecular flexibility index (Phi) is 30.8. The molecule has 1 saturated heterocycles. The second-order valence-electron chi connectivity index (χ2n) is 25.3. The third kappa shape index (κ3) is 21.9. The molecule has 4 rings (SSSR count). The van der Waals surface area contributed by atoms with Crippen molar-refractivity contribution in [3.8, 4) is 0 Å². The van der Waals surface area contributed by atoms with Crippen LogP contribution in [0.2, 0.25) is 0 Å². The Labute approximate surface area is 541 Å². The number of carbonyl (C=O) groups is 9. The molecule has 2 aromatic carbocycles. The number of nitrogens with one attached hydrogen (secondary N) is 7. The largest absolute Gasteiger partial charge is 0.445 e. The third-order valence-corrected chi connectivity index (χ3v) is 17.2. The summed E-state index contributed by atoms with van der Waals surface area (Å²) in [6.07, 6.45) is 0.323. The van der Waals surface area contributed by atoms with Crippen LogP contribution in [0.15, 0.2) is 65.5 Å². The van der Waals surface area contributed by atoms with Crippen molar-refractivity contribution in [1.29, 1.82) is 0 Å². The van der Waals surface area contributed by atoms with Crippen LogP contribution >= 0.6 is 0 Å². The number of nitrogens with two attached hydrogens (primary N) is 1. The van der Waals surface area contributed by atoms with Gasteiger partial charge in [0.15, 0.2) is 0 Å². The number of H-pyrrole nitrogens is 1. The van der Waals surface area contributed by atoms with E-state index in [2.05, 4.69) is 37.0 Å². The van der Waals surface area contributed by atoms with E-state index in [9.17, 15) is 53.1 Å². The number of likely N-dealkylation sites (N-methyl/N-ethyl adjacent to an activating group) is 2. The monoisotopic (exact) mass is 1290 g/mol. The number of anilines is 1. The van der Waals surface area contributed by atoms with E-state index in [4.69, 9.17) is 19.9 Å². The lowest BCUT2D eigenvalue weighted by Gasteiger charge is -2.41. The van der Waals surface area contributed by atoms with Crippen LogP contribution in [0.25, 0.3) is 0 Å². The van der Waals surface area contributed by atoms with Gasteiger partial charge < -0.3 is 66.8 Å². The normalized spacial score (nSPS) is 16.8. The highest BCUT2D eigenvalue weighted by Crippen LogP contribution is 2.30. The first-order valence-electron chi connectivity index (χ1n) is 32.2. The fourth-order valence-corrected chi connectivity index (χ4v) is 11.8. The summed E-state index contributed by atoms with van der Waals surface area (Å²) in [7, 11) is 6.08. The molecule has 1 fully saturated rings. The summed E-state index contributed by atoms with van der Waals surface area (Å²) < 4.78 is 18.9. The van der Waals surface area contributed by atoms with Gasteiger partial charge in [0, 0.05) is 58.9 Å². The summed E-state index contributed by atoms with van der Waals surface area (Å²) in [5.74, 6) is -5.57. The topological polar surface area (TPSA) is 347 Å². The van der Waals surface area contributed by atoms with Crippen molar-refractivity contribution < 1.29 is 62.5 Å². The fourth-order valence-electron chi connectivity index (χ4n) is 11.8. The molecule has 12 atom stereocenters. The number of ether oxygens (including phenoxy) is 3. The highest BCUT2D eigenvalue weighted by molar-refractivity contribution is 5.98. The zero-order valence-corrected chi connectivity index (χ0v) is 56.5. The highest BCUT2D eigenvalue weighted by Gasteiger charge is 2.44. The molecule has 1 aliphatic heterocycles. The van der Waals surface area contributed by atoms with Gasteiger partial charge in [-0.2, -0.15) is 0 Å². The van der Waals surface area contributed by atoms with Gasteiger partial charge in [0.05, 0.1) is 48.8 Å². The molecule has 0 bridgehead atoms. The predicted molar refractivity (Wildman–Crippen MR) is 348 cm³/mol. The number of rotatable bonds is 36. The maximum atomic E-state index is 14.8. The molecule has 10 N–H and O–H groups in total. The number of nitrogens with zero attached hydrogens (tertiary/aromatic N) is 4. The van der Waals surface area contributed by atoms with Gasteiger partial charge in [-0.15, -0.1) is 0 Å². The molecule has 0 saturated carbocycles. The summed E-state index contributed by atoms with van der Waals surface area (Å²) in [4.78, 5) is 140. The van der Waals surface area contributed by atoms with Gasteiger partial charge >= 0.3 is 12.1 Å². The van der Waals surface area contributed by atoms with Crippen molar-refractivity contribution in [2.45, 2.75) is 201 Å². The Balaban J connectivity index is 1.40. The van der Waals surface area contributed by atoms with Gasteiger partial charge in [0.2, 0.25) is 41.4 Å². The van der Waals surface area contributed by atoms with E-state index in [1.54, 1.807) is 109 Å². The van der Waals surface area contributed by atoms with E-state index in [0.717, 1.165) is 11.1 Å². The van der Waals surface area contributed by atoms with Crippen LogP contribution in [0.1, 0.15) is 144 Å². The number of methoxy groups -OCH3 is 2. The van der Waals surface area contributed by atoms with E-state index in [1.165, 1.54) is 32.2 Å². The lowest BCUT2D eigenvalue weighted by Crippen LogP contribution is -2.60. The molecular formula is C66H104N12O14. The van der Waals surface area contributed by atoms with E-state index >= 15 is 0 Å². The van der Waals surface area contributed by atoms with E-state index in [1.807, 2.05) is 39.0 Å². The number of likely N-dealkylation sites (tertiary alicyclic amines) is 1. The Morgan fingerprint density at radius 2 is 1.42 bits per heavy atom. The first-order valence-corrected chi connectivity index (χ1v) is 32.2. The molecule has 0 aliphatic carbocycles. The van der Waals surface area contributed by atoms with Crippen molar-refractivity contribution in [1.82, 2.24) is 51.1 Å². The quantitative estimate of drug-likeness (QED) is 0.0356. The molecule has 26 heteroatoms. The van der Waals surface area contributed by atoms with Crippen LogP contribution in [0.5, 0.6) is 0 Å². The van der Waals surface area contributed by atoms with Crippen LogP contribution in [0.4, 0.5) is 15.3 Å². The lowest BCUT2D eigenvalue weighted by atomic mass is 9.89. The van der Waals surface area contributed by atoms with Gasteiger partial charge in [-0.05, 0) is 86.0 Å². The Morgan fingerprint density at radius 3 is 2.00 bits per heavy atom. The standard InChI is InChI=1S/C66H104N12O14/c1-16-23-47-34-53(81)78(74-47)36-51(79)72-54(38(3)4)62(85)71-48(26-21-32-68-65(67)88)61(84)70-46-30-28-44(29-31-46)37-92-66(89)76(13)56(40(7)8)63(86)73-55(39(5)6)64(87)75(12)57(41(9)17-2)50(90-14)35-52(80)77-33-22-27-49(77)59(91-15)42(10)60(83)69-43(11)58(82)45-24-19-18-20-25-45/h18-20,24-25,28-31,34,38-43,48-50,54-59,74,82H,16-17,21-23,26-27,32-33,35-37H2,1-15H3,(H,69,83)(H,70,84)(H,71,85)(H,72,79)(H,73,86)(H3,67,68,88)/t41-,42+,43+,48-,49-,50+,54-,55-,56-,57-,58+,59+/m0/s1. The first kappa shape index (κ1) is 76.6. The summed E-state index contributed by atoms with van der Waals surface area (Å²) in [5, 5.41) is 30.4. The van der Waals surface area contributed by atoms with Gasteiger partial charge in [0.25, 0.3) is 5.56 Å². The zero-order valence-electron chi connectivity index (χ0n) is 56.5. The number of aliphatic hydroxyl groups is 1. The maximum Gasteiger partial charge on any atom is 0.410 e. The molecule has 26 nitrogen and oxygen atoms in total. The number of urea groups is 1. The minimum Gasteiger partial charge on any atom is -0.445 e. The minimum absolute atomic E-state index is 0.0707. The van der Waals surface area contributed by atoms with Crippen LogP contribution in [-0.2, 0) is 67.3 Å². The molecule has 92 heavy (non-hydrogen) atoms. The van der Waals surface area contributed by atoms with Crippen molar-refractivity contribution in [2.24, 2.45) is 35.3 Å². The molecule has 1 aromatic heterocycles. The van der Waals surface area contributed by atoms with Crippen molar-refractivity contribution >= 4 is 59.2 Å². The number of aromatic amines is 1. The average Bonchev–Trinajstić information content (AvgIpc) is 1.57. The summed E-state index contributed by atoms with van der Waals surface area (Å²) in [5.41, 5.74) is 7.05. The second kappa shape index (κ2) is 37.0. The second-order valence-corrected chi connectivity index (χ2v) is 25.3. The Morgan fingerprint density at radius 1 is 0.772 bits per heavy atom. The van der Waals surface area contributed by atoms with E-state index in [-0.39, 0.29) is 62.3 Å². The first-order chi connectivity index (χ1) is 43.5. The summed E-state index contributed by atoms with van der Waals surface area (Å²) in [6, 6.07) is 10.1. The number of aryl methyl sites for hydroxylation is 1. The number of benzene rings is 2. The number of carbonyl (C=O) groups excluding carboxylic acids is 9. The van der Waals surface area contributed by atoms with Gasteiger partial charge in [-0.3, -0.25) is 48.4 Å². The van der Waals surface area contributed by atoms with Crippen molar-refractivity contribution in [2.75, 3.05) is 46.7 Å². The number of aromatic nitrogens is 2. The number of hydrogen-bond acceptors (Lipinski definition) is 14. The highest BCUT2D eigenvalue weighted by atomic mass is 16.6. The van der Waals surface area contributed by atoms with Gasteiger partial charge in [-0.25, -0.2) is 14.3 Å². The van der Waals surface area contributed by atoms with E-state index in [0.29, 0.717) is 54.7 Å². The van der Waals surface area contributed by atoms with Crippen LogP contribution in [0.3, 0.4) is 0 Å². The van der Waals surface area contributed by atoms with Gasteiger partial charge in [-0.1, -0.05) is 125 Å². The summed E-state index contributed by atoms with van der Waals surface area (Å²) in [6.45, 7) is 19.9. The number of aliphatic hydroxyl groups excluding tert-OH is 1. The SMILES string of the molecule is CCCc1cc(=O)n(CC(=O)N[C@H](C(=O)N[C@@H](CCCNC(N)=O)C(=O)Nc2ccc(COC(=O)N(C)[C@H](C(=O)N[C@H](C(=O)N(C)[C@@H]([C@@H](C)CC)[C@@H](CC(=O)N3CCC[C@H]3[C@H](OC)[C@@H](C)C(=O)N[C@H](C)[C@@H](O)c3ccccc3)OC)C(C)C)C(C)C)cc2)C(C)C)[nH]1. The molecule has 512 valence electrons. The predicted octanol–water partition coefficient (Wildman–Crippen LogP) is 4.73. The fraction of sp³-hybridized carbons (Fsp3) is 0.636. The van der Waals surface area contributed by atoms with Gasteiger partial charge in [0.1, 0.15) is 37.3 Å². The number of amides is 10. The summed E-state index contributed by atoms with van der Waals surface area (Å²) >= 11 is 0. The smallest absolute Gasteiger partial charge is 0.410 e. The van der Waals surface area contributed by atoms with Crippen LogP contribution in [0, 0.1) is 29.6 Å². The number of primary amides is 1. The zero-order chi connectivity index (χ0) is 68.7. The third-order valence-electron chi connectivity index (χ3n) is 17.2. The Hall–Kier alpha value is -7.84. The van der Waals surface area contributed by atoms with Crippen molar-refractivity contribution in [3.05, 3.63) is 87.8 Å². The molecule has 0 unspecified atom stereocenters. The Bertz CT molecular complexity index is 2960. The molecule has 0 spiro atoms. The van der Waals surface area contributed by atoms with Crippen LogP contribution in [-0.4, -0.2) is 179 Å². The van der Waals surface area contributed by atoms with Crippen molar-refractivity contribution in [3.63, 3.8) is 0 Å². The molecular weight excluding hydrogens is 1180 g/mol. The molecule has 0 radical (unpaired) electrons. The minimum atomic E-state index is -1.13. The van der Waals surface area contributed by atoms with E-state index < -0.39 is 126 Å².